The van der Waals surface area contributed by atoms with Gasteiger partial charge in [-0.15, -0.1) is 0 Å². The van der Waals surface area contributed by atoms with Crippen LogP contribution in [0.1, 0.15) is 23.2 Å². The van der Waals surface area contributed by atoms with Crippen molar-refractivity contribution in [2.24, 2.45) is 0 Å². The number of amides is 4. The van der Waals surface area contributed by atoms with Crippen molar-refractivity contribution < 1.29 is 19.2 Å². The van der Waals surface area contributed by atoms with Crippen molar-refractivity contribution >= 4 is 58.2 Å². The molecule has 2 aromatic carbocycles. The molecule has 3 N–H and O–H groups in total. The number of carbonyl (C=O) groups excluding carboxylic acids is 4. The van der Waals surface area contributed by atoms with Crippen molar-refractivity contribution in [1.29, 1.82) is 0 Å². The first-order chi connectivity index (χ1) is 14.8. The predicted molar refractivity (Wildman–Crippen MR) is 118 cm³/mol. The molecule has 1 aliphatic rings. The van der Waals surface area contributed by atoms with Crippen LogP contribution in [-0.4, -0.2) is 43.3 Å². The lowest BCUT2D eigenvalue weighted by molar-refractivity contribution is -0.123. The van der Waals surface area contributed by atoms with Gasteiger partial charge in [-0.1, -0.05) is 29.3 Å². The van der Waals surface area contributed by atoms with E-state index in [2.05, 4.69) is 16.0 Å². The normalized spacial score (nSPS) is 13.1. The lowest BCUT2D eigenvalue weighted by Crippen LogP contribution is -2.40. The Morgan fingerprint density at radius 3 is 2.45 bits per heavy atom. The number of nitrogens with one attached hydrogen (secondary N) is 3. The Labute approximate surface area is 188 Å². The predicted octanol–water partition coefficient (Wildman–Crippen LogP) is 2.60. The molecule has 0 aliphatic carbocycles. The summed E-state index contributed by atoms with van der Waals surface area (Å²) in [6.45, 7) is 0.0557. The average Bonchev–Trinajstić information content (AvgIpc) is 3.16. The zero-order valence-electron chi connectivity index (χ0n) is 16.4. The van der Waals surface area contributed by atoms with Crippen LogP contribution >= 0.6 is 23.2 Å². The van der Waals surface area contributed by atoms with Gasteiger partial charge in [-0.05, 0) is 42.8 Å². The highest BCUT2D eigenvalue weighted by atomic mass is 35.5. The second kappa shape index (κ2) is 10.3. The molecule has 10 heteroatoms. The van der Waals surface area contributed by atoms with Crippen LogP contribution in [0.5, 0.6) is 0 Å². The van der Waals surface area contributed by atoms with Gasteiger partial charge < -0.3 is 20.9 Å². The number of rotatable bonds is 7. The summed E-state index contributed by atoms with van der Waals surface area (Å²) in [4.78, 5) is 49.7. The fourth-order valence-corrected chi connectivity index (χ4v) is 3.54. The van der Waals surface area contributed by atoms with Crippen LogP contribution in [0.25, 0.3) is 0 Å². The molecule has 1 heterocycles. The highest BCUT2D eigenvalue weighted by Gasteiger charge is 2.21. The van der Waals surface area contributed by atoms with E-state index in [1.165, 1.54) is 18.2 Å². The molecule has 0 spiro atoms. The molecule has 0 unspecified atom stereocenters. The summed E-state index contributed by atoms with van der Waals surface area (Å²) in [6.07, 6.45) is 1.32. The maximum Gasteiger partial charge on any atom is 0.253 e. The summed E-state index contributed by atoms with van der Waals surface area (Å²) in [5.74, 6) is -1.46. The molecule has 31 heavy (non-hydrogen) atoms. The summed E-state index contributed by atoms with van der Waals surface area (Å²) in [6, 6.07) is 11.3. The first-order valence-electron chi connectivity index (χ1n) is 9.54. The molecule has 162 valence electrons. The first-order valence-corrected chi connectivity index (χ1v) is 10.3. The highest BCUT2D eigenvalue weighted by molar-refractivity contribution is 6.36. The molecule has 0 bridgehead atoms. The van der Waals surface area contributed by atoms with Crippen LogP contribution in [0.3, 0.4) is 0 Å². The maximum atomic E-state index is 12.1. The van der Waals surface area contributed by atoms with E-state index in [4.69, 9.17) is 23.2 Å². The molecular weight excluding hydrogens is 443 g/mol. The van der Waals surface area contributed by atoms with E-state index in [0.29, 0.717) is 29.4 Å². The number of nitrogens with zero attached hydrogens (tertiary/aromatic N) is 1. The van der Waals surface area contributed by atoms with E-state index < -0.39 is 17.7 Å². The molecule has 1 fully saturated rings. The van der Waals surface area contributed by atoms with E-state index in [0.717, 1.165) is 6.42 Å². The van der Waals surface area contributed by atoms with E-state index in [1.807, 2.05) is 0 Å². The minimum absolute atomic E-state index is 0.0534. The summed E-state index contributed by atoms with van der Waals surface area (Å²) < 4.78 is 0. The van der Waals surface area contributed by atoms with Gasteiger partial charge in [0.05, 0.1) is 23.7 Å². The highest BCUT2D eigenvalue weighted by Crippen LogP contribution is 2.24. The Kier molecular flexibility index (Phi) is 7.49. The fourth-order valence-electron chi connectivity index (χ4n) is 3.05. The summed E-state index contributed by atoms with van der Waals surface area (Å²) in [7, 11) is 0. The molecule has 0 saturated carbocycles. The number of anilines is 2. The summed E-state index contributed by atoms with van der Waals surface area (Å²) in [5.41, 5.74) is 1.42. The third-order valence-electron chi connectivity index (χ3n) is 4.55. The van der Waals surface area contributed by atoms with Gasteiger partial charge in [0.2, 0.25) is 17.7 Å². The summed E-state index contributed by atoms with van der Waals surface area (Å²) in [5, 5.41) is 8.08. The van der Waals surface area contributed by atoms with Crippen LogP contribution in [-0.2, 0) is 14.4 Å². The Morgan fingerprint density at radius 1 is 0.968 bits per heavy atom. The van der Waals surface area contributed by atoms with Crippen LogP contribution in [0.4, 0.5) is 11.4 Å². The number of halogens is 2. The standard InChI is InChI=1S/C21H20Cl2N4O4/c22-13-6-7-16(17(23)9-13)21(31)25-11-18(28)24-12-19(29)26-14-3-1-4-15(10-14)27-8-2-5-20(27)30/h1,3-4,6-7,9-10H,2,5,8,11-12H2,(H,24,28)(H,25,31)(H,26,29). The Hall–Kier alpha value is -3.10. The van der Waals surface area contributed by atoms with Gasteiger partial charge in [0.15, 0.2) is 0 Å². The van der Waals surface area contributed by atoms with Crippen molar-refractivity contribution in [1.82, 2.24) is 10.6 Å². The monoisotopic (exact) mass is 462 g/mol. The smallest absolute Gasteiger partial charge is 0.253 e. The average molecular weight is 463 g/mol. The zero-order chi connectivity index (χ0) is 22.4. The topological polar surface area (TPSA) is 108 Å². The van der Waals surface area contributed by atoms with Crippen LogP contribution < -0.4 is 20.9 Å². The van der Waals surface area contributed by atoms with E-state index in [9.17, 15) is 19.2 Å². The number of hydrogen-bond acceptors (Lipinski definition) is 4. The lowest BCUT2D eigenvalue weighted by Gasteiger charge is -2.16. The van der Waals surface area contributed by atoms with E-state index >= 15 is 0 Å². The van der Waals surface area contributed by atoms with Gasteiger partial charge in [0.25, 0.3) is 5.91 Å². The minimum Gasteiger partial charge on any atom is -0.345 e. The number of carbonyl (C=O) groups is 4. The van der Waals surface area contributed by atoms with Crippen LogP contribution in [0.2, 0.25) is 10.0 Å². The zero-order valence-corrected chi connectivity index (χ0v) is 17.9. The van der Waals surface area contributed by atoms with Gasteiger partial charge >= 0.3 is 0 Å². The molecular formula is C21H20Cl2N4O4. The molecule has 8 nitrogen and oxygen atoms in total. The van der Waals surface area contributed by atoms with Gasteiger partial charge in [-0.25, -0.2) is 0 Å². The SMILES string of the molecule is O=C(CNC(=O)c1ccc(Cl)cc1Cl)NCC(=O)Nc1cccc(N2CCCC2=O)c1. The van der Waals surface area contributed by atoms with Crippen molar-refractivity contribution in [2.45, 2.75) is 12.8 Å². The van der Waals surface area contributed by atoms with Crippen molar-refractivity contribution in [2.75, 3.05) is 29.9 Å². The molecule has 4 amide bonds. The van der Waals surface area contributed by atoms with Gasteiger partial charge in [0, 0.05) is 29.4 Å². The van der Waals surface area contributed by atoms with Crippen LogP contribution in [0, 0.1) is 0 Å². The Morgan fingerprint density at radius 2 is 1.74 bits per heavy atom. The second-order valence-corrected chi connectivity index (χ2v) is 7.67. The third-order valence-corrected chi connectivity index (χ3v) is 5.09. The first kappa shape index (κ1) is 22.6. The van der Waals surface area contributed by atoms with Gasteiger partial charge in [0.1, 0.15) is 0 Å². The molecule has 3 rings (SSSR count). The van der Waals surface area contributed by atoms with Crippen molar-refractivity contribution in [3.8, 4) is 0 Å². The van der Waals surface area contributed by atoms with E-state index in [1.54, 1.807) is 29.2 Å². The molecule has 1 saturated heterocycles. The number of hydrogen-bond donors (Lipinski definition) is 3. The van der Waals surface area contributed by atoms with Crippen LogP contribution in [0.15, 0.2) is 42.5 Å². The third kappa shape index (κ3) is 6.19. The van der Waals surface area contributed by atoms with Crippen molar-refractivity contribution in [3.63, 3.8) is 0 Å². The Balaban J connectivity index is 1.44. The maximum absolute atomic E-state index is 12.1. The van der Waals surface area contributed by atoms with Gasteiger partial charge in [-0.2, -0.15) is 0 Å². The largest absolute Gasteiger partial charge is 0.345 e. The second-order valence-electron chi connectivity index (χ2n) is 6.83. The molecule has 0 atom stereocenters. The minimum atomic E-state index is -0.537. The summed E-state index contributed by atoms with van der Waals surface area (Å²) >= 11 is 11.8. The number of benzene rings is 2. The molecule has 0 aromatic heterocycles. The fraction of sp³-hybridized carbons (Fsp3) is 0.238. The molecule has 1 aliphatic heterocycles. The molecule has 0 radical (unpaired) electrons. The van der Waals surface area contributed by atoms with Gasteiger partial charge in [-0.3, -0.25) is 19.2 Å². The lowest BCUT2D eigenvalue weighted by atomic mass is 10.2. The molecule has 2 aromatic rings. The quantitative estimate of drug-likeness (QED) is 0.587. The van der Waals surface area contributed by atoms with E-state index in [-0.39, 0.29) is 29.6 Å². The van der Waals surface area contributed by atoms with Crippen molar-refractivity contribution in [3.05, 3.63) is 58.1 Å². The Bertz CT molecular complexity index is 1030.